The van der Waals surface area contributed by atoms with Gasteiger partial charge in [-0.05, 0) is 69.0 Å². The first-order chi connectivity index (χ1) is 15.9. The lowest BCUT2D eigenvalue weighted by Crippen LogP contribution is -2.30. The predicted molar refractivity (Wildman–Crippen MR) is 140 cm³/mol. The van der Waals surface area contributed by atoms with E-state index >= 15 is 0 Å². The lowest BCUT2D eigenvalue weighted by molar-refractivity contribution is -0.149. The molecule has 33 heavy (non-hydrogen) atoms. The Labute approximate surface area is 215 Å². The van der Waals surface area contributed by atoms with Crippen LogP contribution in [0.2, 0.25) is 14.5 Å². The van der Waals surface area contributed by atoms with E-state index in [1.54, 1.807) is 17.4 Å². The minimum Gasteiger partial charge on any atom is -0.466 e. The van der Waals surface area contributed by atoms with Crippen molar-refractivity contribution in [3.8, 4) is 0 Å². The van der Waals surface area contributed by atoms with Crippen LogP contribution in [-0.4, -0.2) is 28.6 Å². The molecule has 1 aliphatic rings. The highest BCUT2D eigenvalue weighted by Crippen LogP contribution is 2.32. The summed E-state index contributed by atoms with van der Waals surface area (Å²) in [5, 5.41) is 5.88. The highest BCUT2D eigenvalue weighted by molar-refractivity contribution is 7.22. The van der Waals surface area contributed by atoms with Crippen LogP contribution in [0, 0.1) is 5.92 Å². The molecule has 0 unspecified atom stereocenters. The molecule has 10 heteroatoms. The van der Waals surface area contributed by atoms with Crippen molar-refractivity contribution in [1.29, 1.82) is 0 Å². The van der Waals surface area contributed by atoms with E-state index < -0.39 is 0 Å². The SMILES string of the molecule is CCOC(=O)C1CCC(Nc2nc3ccc(Cl)cc3s2)CC1.Clc1ccc2nc(Cl)sc2c1. The average molecular weight is 543 g/mol. The van der Waals surface area contributed by atoms with Gasteiger partial charge >= 0.3 is 5.97 Å². The number of ether oxygens (including phenoxy) is 1. The summed E-state index contributed by atoms with van der Waals surface area (Å²) < 4.78 is 7.78. The number of carbonyl (C=O) groups is 1. The van der Waals surface area contributed by atoms with Crippen LogP contribution in [0.15, 0.2) is 36.4 Å². The molecule has 2 aromatic heterocycles. The highest BCUT2D eigenvalue weighted by atomic mass is 35.5. The van der Waals surface area contributed by atoms with E-state index in [0.29, 0.717) is 17.1 Å². The molecule has 0 radical (unpaired) electrons. The van der Waals surface area contributed by atoms with Gasteiger partial charge in [-0.3, -0.25) is 4.79 Å². The Hall–Kier alpha value is -1.64. The molecule has 0 bridgehead atoms. The Balaban J connectivity index is 0.000000196. The van der Waals surface area contributed by atoms with Crippen molar-refractivity contribution in [3.63, 3.8) is 0 Å². The fourth-order valence-electron chi connectivity index (χ4n) is 3.74. The van der Waals surface area contributed by atoms with Crippen molar-refractivity contribution in [2.45, 2.75) is 38.6 Å². The summed E-state index contributed by atoms with van der Waals surface area (Å²) in [4.78, 5) is 20.4. The predicted octanol–water partition coefficient (Wildman–Crippen LogP) is 8.09. The number of nitrogens with zero attached hydrogens (tertiary/aromatic N) is 2. The molecule has 0 atom stereocenters. The Morgan fingerprint density at radius 2 is 1.58 bits per heavy atom. The minimum atomic E-state index is -0.0458. The van der Waals surface area contributed by atoms with Gasteiger partial charge in [0, 0.05) is 16.1 Å². The molecule has 0 spiro atoms. The quantitative estimate of drug-likeness (QED) is 0.264. The maximum atomic E-state index is 11.7. The van der Waals surface area contributed by atoms with Gasteiger partial charge in [0.1, 0.15) is 0 Å². The summed E-state index contributed by atoms with van der Waals surface area (Å²) in [7, 11) is 0. The van der Waals surface area contributed by atoms with Crippen LogP contribution >= 0.6 is 57.5 Å². The number of hydrogen-bond acceptors (Lipinski definition) is 7. The van der Waals surface area contributed by atoms with Gasteiger partial charge in [0.05, 0.1) is 33.0 Å². The van der Waals surface area contributed by atoms with Crippen LogP contribution in [0.4, 0.5) is 5.13 Å². The summed E-state index contributed by atoms with van der Waals surface area (Å²) in [6.45, 7) is 2.32. The van der Waals surface area contributed by atoms with E-state index in [9.17, 15) is 4.79 Å². The van der Waals surface area contributed by atoms with Crippen molar-refractivity contribution in [3.05, 3.63) is 50.9 Å². The van der Waals surface area contributed by atoms with Gasteiger partial charge in [-0.2, -0.15) is 0 Å². The third-order valence-electron chi connectivity index (χ3n) is 5.35. The molecule has 5 nitrogen and oxygen atoms in total. The Bertz CT molecular complexity index is 1250. The second kappa shape index (κ2) is 11.2. The van der Waals surface area contributed by atoms with Crippen molar-refractivity contribution < 1.29 is 9.53 Å². The number of fused-ring (bicyclic) bond motifs is 2. The summed E-state index contributed by atoms with van der Waals surface area (Å²) >= 11 is 20.5. The Morgan fingerprint density at radius 1 is 0.970 bits per heavy atom. The molecule has 174 valence electrons. The minimum absolute atomic E-state index is 0.0458. The number of nitrogens with one attached hydrogen (secondary N) is 1. The molecule has 0 amide bonds. The van der Waals surface area contributed by atoms with E-state index in [1.165, 1.54) is 11.3 Å². The molecule has 4 aromatic rings. The fourth-order valence-corrected chi connectivity index (χ4v) is 6.26. The number of esters is 1. The lowest BCUT2D eigenvalue weighted by Gasteiger charge is -2.27. The van der Waals surface area contributed by atoms with Crippen molar-refractivity contribution in [1.82, 2.24) is 9.97 Å². The normalized spacial score (nSPS) is 18.1. The molecular weight excluding hydrogens is 521 g/mol. The van der Waals surface area contributed by atoms with Crippen molar-refractivity contribution >= 4 is 89.0 Å². The van der Waals surface area contributed by atoms with Gasteiger partial charge in [0.2, 0.25) is 0 Å². The van der Waals surface area contributed by atoms with E-state index in [-0.39, 0.29) is 11.9 Å². The van der Waals surface area contributed by atoms with Gasteiger partial charge < -0.3 is 10.1 Å². The van der Waals surface area contributed by atoms with Crippen LogP contribution in [0.1, 0.15) is 32.6 Å². The monoisotopic (exact) mass is 541 g/mol. The standard InChI is InChI=1S/C16H19ClN2O2S.C7H3Cl2NS/c1-2-21-15(20)10-3-6-12(7-4-10)18-16-19-13-8-5-11(17)9-14(13)22-16;8-4-1-2-5-6(3-4)11-7(9)10-5/h5,8-10,12H,2-4,6-7H2,1H3,(H,18,19);1-3H. The maximum Gasteiger partial charge on any atom is 0.308 e. The summed E-state index contributed by atoms with van der Waals surface area (Å²) in [5.74, 6) is 0.0164. The zero-order valence-electron chi connectivity index (χ0n) is 17.8. The fraction of sp³-hybridized carbons (Fsp3) is 0.348. The summed E-state index contributed by atoms with van der Waals surface area (Å²) in [6.07, 6.45) is 3.71. The molecule has 1 fully saturated rings. The molecule has 1 N–H and O–H groups in total. The molecule has 2 aromatic carbocycles. The first kappa shape index (κ1) is 24.5. The lowest BCUT2D eigenvalue weighted by atomic mass is 9.86. The molecular formula is C23H22Cl3N3O2S2. The third-order valence-corrected chi connectivity index (χ3v) is 7.89. The topological polar surface area (TPSA) is 64.1 Å². The third kappa shape index (κ3) is 6.49. The van der Waals surface area contributed by atoms with Crippen molar-refractivity contribution in [2.75, 3.05) is 11.9 Å². The van der Waals surface area contributed by atoms with Crippen LogP contribution in [-0.2, 0) is 9.53 Å². The van der Waals surface area contributed by atoms with Gasteiger partial charge in [-0.25, -0.2) is 9.97 Å². The Kier molecular flexibility index (Phi) is 8.30. The molecule has 2 heterocycles. The summed E-state index contributed by atoms with van der Waals surface area (Å²) in [6, 6.07) is 11.6. The number of carbonyl (C=O) groups excluding carboxylic acids is 1. The van der Waals surface area contributed by atoms with Crippen LogP contribution in [0.3, 0.4) is 0 Å². The largest absolute Gasteiger partial charge is 0.466 e. The number of anilines is 1. The van der Waals surface area contributed by atoms with Gasteiger partial charge in [-0.1, -0.05) is 46.1 Å². The van der Waals surface area contributed by atoms with E-state index in [0.717, 1.165) is 61.3 Å². The second-order valence-electron chi connectivity index (χ2n) is 7.65. The number of benzene rings is 2. The van der Waals surface area contributed by atoms with E-state index in [1.807, 2.05) is 37.3 Å². The first-order valence-electron chi connectivity index (χ1n) is 10.6. The molecule has 0 saturated heterocycles. The van der Waals surface area contributed by atoms with E-state index in [2.05, 4.69) is 15.3 Å². The second-order valence-corrected chi connectivity index (χ2v) is 11.2. The molecule has 1 saturated carbocycles. The van der Waals surface area contributed by atoms with Gasteiger partial charge in [0.15, 0.2) is 9.60 Å². The summed E-state index contributed by atoms with van der Waals surface area (Å²) in [5.41, 5.74) is 1.88. The van der Waals surface area contributed by atoms with Crippen LogP contribution in [0.25, 0.3) is 20.4 Å². The number of rotatable bonds is 4. The zero-order chi connectivity index (χ0) is 23.4. The van der Waals surface area contributed by atoms with E-state index in [4.69, 9.17) is 39.5 Å². The number of thiazole rings is 2. The molecule has 1 aliphatic carbocycles. The number of hydrogen-bond donors (Lipinski definition) is 1. The van der Waals surface area contributed by atoms with Gasteiger partial charge in [-0.15, -0.1) is 11.3 Å². The maximum absolute atomic E-state index is 11.7. The molecule has 0 aliphatic heterocycles. The average Bonchev–Trinajstić information content (AvgIpc) is 3.35. The highest BCUT2D eigenvalue weighted by Gasteiger charge is 2.27. The smallest absolute Gasteiger partial charge is 0.308 e. The zero-order valence-corrected chi connectivity index (χ0v) is 21.7. The van der Waals surface area contributed by atoms with Gasteiger partial charge in [0.25, 0.3) is 0 Å². The van der Waals surface area contributed by atoms with Crippen LogP contribution in [0.5, 0.6) is 0 Å². The number of aromatic nitrogens is 2. The van der Waals surface area contributed by atoms with Crippen molar-refractivity contribution in [2.24, 2.45) is 5.92 Å². The first-order valence-corrected chi connectivity index (χ1v) is 13.4. The van der Waals surface area contributed by atoms with Crippen LogP contribution < -0.4 is 5.32 Å². The number of halogens is 3. The Morgan fingerprint density at radius 3 is 2.21 bits per heavy atom. The molecule has 5 rings (SSSR count).